The highest BCUT2D eigenvalue weighted by molar-refractivity contribution is 7.91. The first-order chi connectivity index (χ1) is 13.9. The molecule has 162 valence electrons. The molecule has 30 heavy (non-hydrogen) atoms. The smallest absolute Gasteiger partial charge is 0.456 e. The molecule has 0 aliphatic rings. The van der Waals surface area contributed by atoms with Crippen LogP contribution in [0.1, 0.15) is 12.6 Å². The molecule has 0 radical (unpaired) electrons. The van der Waals surface area contributed by atoms with Crippen LogP contribution in [0.3, 0.4) is 0 Å². The number of ether oxygens (including phenoxy) is 1. The summed E-state index contributed by atoms with van der Waals surface area (Å²) in [6.45, 7) is 1.12. The maximum Gasteiger partial charge on any atom is 0.456 e. The first kappa shape index (κ1) is 21.8. The second-order valence-electron chi connectivity index (χ2n) is 6.15. The lowest BCUT2D eigenvalue weighted by Gasteiger charge is -2.19. The van der Waals surface area contributed by atoms with Gasteiger partial charge in [0.15, 0.2) is 27.1 Å². The van der Waals surface area contributed by atoms with Crippen LogP contribution >= 0.6 is 0 Å². The third kappa shape index (κ3) is 4.04. The summed E-state index contributed by atoms with van der Waals surface area (Å²) in [6.07, 6.45) is -2.48. The highest BCUT2D eigenvalue weighted by Crippen LogP contribution is 2.36. The zero-order valence-electron chi connectivity index (χ0n) is 15.5. The summed E-state index contributed by atoms with van der Waals surface area (Å²) in [6, 6.07) is 1.61. The maximum absolute atomic E-state index is 13.0. The predicted octanol–water partition coefficient (Wildman–Crippen LogP) is 2.86. The van der Waals surface area contributed by atoms with Crippen molar-refractivity contribution in [2.75, 3.05) is 12.4 Å². The Morgan fingerprint density at radius 3 is 2.40 bits per heavy atom. The molecule has 0 aliphatic carbocycles. The van der Waals surface area contributed by atoms with Gasteiger partial charge in [0.1, 0.15) is 0 Å². The Morgan fingerprint density at radius 1 is 1.13 bits per heavy atom. The van der Waals surface area contributed by atoms with Crippen molar-refractivity contribution >= 4 is 15.5 Å². The zero-order valence-corrected chi connectivity index (χ0v) is 16.3. The minimum atomic E-state index is -5.77. The predicted molar refractivity (Wildman–Crippen MR) is 93.0 cm³/mol. The standard InChI is InChI=1S/C16H14F5N5O3S/c1-3-30(27,28)14-12(13-24-9(2)4-5-26(13)25-14)10-6-23-11(7-22-10)29-8-15(17,18)16(19,20)21/h4-7H,3,8H2,1-2H3. The highest BCUT2D eigenvalue weighted by atomic mass is 32.2. The van der Waals surface area contributed by atoms with Crippen molar-refractivity contribution in [1.29, 1.82) is 0 Å². The van der Waals surface area contributed by atoms with Crippen molar-refractivity contribution < 1.29 is 35.1 Å². The Labute approximate surface area is 166 Å². The molecule has 0 bridgehead atoms. The SMILES string of the molecule is CCS(=O)(=O)c1nn2ccc(C)nc2c1-c1cnc(OCC(F)(F)C(F)(F)F)cn1. The molecule has 0 N–H and O–H groups in total. The number of sulfone groups is 1. The minimum Gasteiger partial charge on any atom is -0.470 e. The molecule has 0 saturated heterocycles. The molecule has 0 unspecified atom stereocenters. The molecule has 3 aromatic heterocycles. The van der Waals surface area contributed by atoms with E-state index < -0.39 is 34.4 Å². The minimum absolute atomic E-state index is 0.0231. The molecule has 0 saturated carbocycles. The van der Waals surface area contributed by atoms with Gasteiger partial charge in [-0.1, -0.05) is 6.92 Å². The summed E-state index contributed by atoms with van der Waals surface area (Å²) in [5, 5.41) is 3.72. The van der Waals surface area contributed by atoms with Gasteiger partial charge < -0.3 is 4.74 Å². The van der Waals surface area contributed by atoms with Crippen molar-refractivity contribution in [3.8, 4) is 17.1 Å². The molecular weight excluding hydrogens is 437 g/mol. The van der Waals surface area contributed by atoms with Crippen LogP contribution in [-0.2, 0) is 9.84 Å². The highest BCUT2D eigenvalue weighted by Gasteiger charge is 2.58. The number of alkyl halides is 5. The van der Waals surface area contributed by atoms with Gasteiger partial charge in [0.2, 0.25) is 5.88 Å². The second kappa shape index (κ2) is 7.41. The van der Waals surface area contributed by atoms with Gasteiger partial charge in [-0.2, -0.15) is 27.1 Å². The Hall–Kier alpha value is -2.90. The van der Waals surface area contributed by atoms with Crippen molar-refractivity contribution in [2.45, 2.75) is 31.0 Å². The van der Waals surface area contributed by atoms with Crippen molar-refractivity contribution in [3.05, 3.63) is 30.4 Å². The summed E-state index contributed by atoms with van der Waals surface area (Å²) in [5.74, 6) is -5.92. The van der Waals surface area contributed by atoms with Crippen LogP contribution < -0.4 is 4.74 Å². The average molecular weight is 451 g/mol. The van der Waals surface area contributed by atoms with E-state index in [1.807, 2.05) is 0 Å². The molecular formula is C16H14F5N5O3S. The monoisotopic (exact) mass is 451 g/mol. The van der Waals surface area contributed by atoms with Crippen LogP contribution in [0.4, 0.5) is 22.0 Å². The van der Waals surface area contributed by atoms with E-state index in [4.69, 9.17) is 0 Å². The summed E-state index contributed by atoms with van der Waals surface area (Å²) in [7, 11) is -3.80. The van der Waals surface area contributed by atoms with Crippen LogP contribution in [0.2, 0.25) is 0 Å². The normalized spacial score (nSPS) is 13.0. The van der Waals surface area contributed by atoms with Crippen LogP contribution in [-0.4, -0.2) is 57.4 Å². The van der Waals surface area contributed by atoms with E-state index in [9.17, 15) is 30.4 Å². The Morgan fingerprint density at radius 2 is 1.83 bits per heavy atom. The topological polar surface area (TPSA) is 99.3 Å². The van der Waals surface area contributed by atoms with Gasteiger partial charge in [0.05, 0.1) is 29.4 Å². The Kier molecular flexibility index (Phi) is 5.39. The molecule has 0 amide bonds. The maximum atomic E-state index is 13.0. The van der Waals surface area contributed by atoms with E-state index in [1.165, 1.54) is 17.6 Å². The third-order valence-electron chi connectivity index (χ3n) is 3.97. The molecule has 0 aromatic carbocycles. The van der Waals surface area contributed by atoms with Crippen LogP contribution in [0.25, 0.3) is 16.9 Å². The zero-order chi connectivity index (χ0) is 22.3. The van der Waals surface area contributed by atoms with Crippen LogP contribution in [0.15, 0.2) is 29.7 Å². The van der Waals surface area contributed by atoms with Gasteiger partial charge in [-0.3, -0.25) is 0 Å². The molecule has 0 fully saturated rings. The Balaban J connectivity index is 2.00. The van der Waals surface area contributed by atoms with Gasteiger partial charge in [0, 0.05) is 11.9 Å². The molecule has 8 nitrogen and oxygen atoms in total. The van der Waals surface area contributed by atoms with Crippen molar-refractivity contribution in [3.63, 3.8) is 0 Å². The first-order valence-corrected chi connectivity index (χ1v) is 9.99. The summed E-state index contributed by atoms with van der Waals surface area (Å²) in [5.41, 5.74) is 0.727. The van der Waals surface area contributed by atoms with Crippen LogP contribution in [0.5, 0.6) is 5.88 Å². The number of hydrogen-bond donors (Lipinski definition) is 0. The quantitative estimate of drug-likeness (QED) is 0.532. The number of fused-ring (bicyclic) bond motifs is 1. The van der Waals surface area contributed by atoms with E-state index in [2.05, 4.69) is 24.8 Å². The number of rotatable bonds is 6. The van der Waals surface area contributed by atoms with Crippen LogP contribution in [0, 0.1) is 6.92 Å². The fourth-order valence-corrected chi connectivity index (χ4v) is 3.34. The summed E-state index contributed by atoms with van der Waals surface area (Å²) < 4.78 is 93.1. The van der Waals surface area contributed by atoms with E-state index >= 15 is 0 Å². The van der Waals surface area contributed by atoms with Gasteiger partial charge in [-0.25, -0.2) is 27.9 Å². The number of nitrogens with zero attached hydrogens (tertiary/aromatic N) is 5. The molecule has 0 atom stereocenters. The number of aromatic nitrogens is 5. The molecule has 3 heterocycles. The first-order valence-electron chi connectivity index (χ1n) is 8.34. The number of hydrogen-bond acceptors (Lipinski definition) is 7. The fourth-order valence-electron chi connectivity index (χ4n) is 2.34. The Bertz CT molecular complexity index is 1180. The third-order valence-corrected chi connectivity index (χ3v) is 5.60. The van der Waals surface area contributed by atoms with Gasteiger partial charge in [0.25, 0.3) is 0 Å². The summed E-state index contributed by atoms with van der Waals surface area (Å²) >= 11 is 0. The van der Waals surface area contributed by atoms with Crippen molar-refractivity contribution in [1.82, 2.24) is 24.6 Å². The van der Waals surface area contributed by atoms with Gasteiger partial charge in [-0.15, -0.1) is 0 Å². The van der Waals surface area contributed by atoms with Gasteiger partial charge >= 0.3 is 12.1 Å². The van der Waals surface area contributed by atoms with E-state index in [1.54, 1.807) is 13.0 Å². The van der Waals surface area contributed by atoms with E-state index in [0.717, 1.165) is 12.4 Å². The van der Waals surface area contributed by atoms with E-state index in [-0.39, 0.29) is 27.7 Å². The largest absolute Gasteiger partial charge is 0.470 e. The average Bonchev–Trinajstić information content (AvgIpc) is 3.05. The number of aryl methyl sites for hydroxylation is 1. The molecule has 3 rings (SSSR count). The molecule has 0 spiro atoms. The second-order valence-corrected chi connectivity index (χ2v) is 8.34. The molecule has 14 heteroatoms. The van der Waals surface area contributed by atoms with Crippen molar-refractivity contribution in [2.24, 2.45) is 0 Å². The molecule has 0 aliphatic heterocycles. The lowest BCUT2D eigenvalue weighted by atomic mass is 10.2. The fraction of sp³-hybridized carbons (Fsp3) is 0.375. The number of halogens is 5. The van der Waals surface area contributed by atoms with Gasteiger partial charge in [-0.05, 0) is 13.0 Å². The lowest BCUT2D eigenvalue weighted by Crippen LogP contribution is -2.41. The summed E-state index contributed by atoms with van der Waals surface area (Å²) in [4.78, 5) is 11.8. The van der Waals surface area contributed by atoms with E-state index in [0.29, 0.717) is 5.69 Å². The lowest BCUT2D eigenvalue weighted by molar-refractivity contribution is -0.290. The molecule has 3 aromatic rings.